The lowest BCUT2D eigenvalue weighted by Gasteiger charge is -2.38. The lowest BCUT2D eigenvalue weighted by Crippen LogP contribution is -2.52. The molecule has 1 aromatic carbocycles. The summed E-state index contributed by atoms with van der Waals surface area (Å²) in [7, 11) is 0. The molecular formula is C13H16ClNO3. The molecule has 0 saturated carbocycles. The molecule has 1 aromatic rings. The molecule has 0 spiro atoms. The zero-order chi connectivity index (χ0) is 13.3. The maximum absolute atomic E-state index is 12.3. The van der Waals surface area contributed by atoms with Gasteiger partial charge in [0.05, 0.1) is 5.69 Å². The van der Waals surface area contributed by atoms with Gasteiger partial charge in [-0.15, -0.1) is 0 Å². The molecular weight excluding hydrogens is 254 g/mol. The molecule has 0 atom stereocenters. The van der Waals surface area contributed by atoms with E-state index in [4.69, 9.17) is 21.4 Å². The highest BCUT2D eigenvalue weighted by atomic mass is 35.5. The monoisotopic (exact) mass is 269 g/mol. The highest BCUT2D eigenvalue weighted by Crippen LogP contribution is 2.39. The number of amides is 1. The molecule has 0 unspecified atom stereocenters. The van der Waals surface area contributed by atoms with E-state index in [0.717, 1.165) is 0 Å². The molecule has 0 aliphatic carbocycles. The first-order valence-electron chi connectivity index (χ1n) is 5.87. The fourth-order valence-electron chi connectivity index (χ4n) is 1.99. The normalized spacial score (nSPS) is 17.3. The number of hydrogen-bond donors (Lipinski definition) is 1. The quantitative estimate of drug-likeness (QED) is 0.915. The van der Waals surface area contributed by atoms with Gasteiger partial charge < -0.3 is 14.7 Å². The Balaban J connectivity index is 2.43. The van der Waals surface area contributed by atoms with Crippen molar-refractivity contribution in [1.29, 1.82) is 0 Å². The van der Waals surface area contributed by atoms with Crippen molar-refractivity contribution in [2.45, 2.75) is 25.9 Å². The van der Waals surface area contributed by atoms with Crippen LogP contribution < -0.4 is 9.64 Å². The second-order valence-corrected chi connectivity index (χ2v) is 5.19. The van der Waals surface area contributed by atoms with E-state index in [0.29, 0.717) is 29.4 Å². The van der Waals surface area contributed by atoms with Crippen LogP contribution in [0.5, 0.6) is 5.75 Å². The predicted octanol–water partition coefficient (Wildman–Crippen LogP) is 2.23. The lowest BCUT2D eigenvalue weighted by atomic mass is 10.0. The Morgan fingerprint density at radius 3 is 2.83 bits per heavy atom. The van der Waals surface area contributed by atoms with Gasteiger partial charge in [-0.1, -0.05) is 11.6 Å². The van der Waals surface area contributed by atoms with Crippen LogP contribution in [0.3, 0.4) is 0 Å². The Bertz CT molecular complexity index is 473. The van der Waals surface area contributed by atoms with Crippen molar-refractivity contribution in [3.8, 4) is 5.75 Å². The smallest absolute Gasteiger partial charge is 0.270 e. The number of rotatable bonds is 3. The second-order valence-electron chi connectivity index (χ2n) is 4.76. The van der Waals surface area contributed by atoms with Gasteiger partial charge in [-0.3, -0.25) is 4.79 Å². The molecule has 0 aromatic heterocycles. The minimum absolute atomic E-state index is 0.0426. The van der Waals surface area contributed by atoms with Crippen molar-refractivity contribution in [2.24, 2.45) is 0 Å². The molecule has 4 nitrogen and oxygen atoms in total. The molecule has 98 valence electrons. The fraction of sp³-hybridized carbons (Fsp3) is 0.462. The first-order valence-corrected chi connectivity index (χ1v) is 6.25. The van der Waals surface area contributed by atoms with Crippen molar-refractivity contribution in [3.63, 3.8) is 0 Å². The van der Waals surface area contributed by atoms with Gasteiger partial charge in [-0.05, 0) is 38.5 Å². The van der Waals surface area contributed by atoms with Crippen molar-refractivity contribution < 1.29 is 14.6 Å². The van der Waals surface area contributed by atoms with Gasteiger partial charge in [-0.2, -0.15) is 0 Å². The van der Waals surface area contributed by atoms with E-state index in [1.807, 2.05) is 0 Å². The van der Waals surface area contributed by atoms with Gasteiger partial charge in [0.25, 0.3) is 5.91 Å². The molecule has 2 rings (SSSR count). The molecule has 1 amide bonds. The summed E-state index contributed by atoms with van der Waals surface area (Å²) in [5.41, 5.74) is -0.226. The highest BCUT2D eigenvalue weighted by Gasteiger charge is 2.40. The number of ether oxygens (including phenoxy) is 1. The molecule has 1 N–H and O–H groups in total. The van der Waals surface area contributed by atoms with Gasteiger partial charge in [0, 0.05) is 18.2 Å². The van der Waals surface area contributed by atoms with Crippen LogP contribution in [0.1, 0.15) is 20.3 Å². The number of benzene rings is 1. The van der Waals surface area contributed by atoms with Crippen molar-refractivity contribution >= 4 is 23.2 Å². The van der Waals surface area contributed by atoms with Crippen LogP contribution in [-0.2, 0) is 4.79 Å². The largest absolute Gasteiger partial charge is 0.476 e. The number of carbonyl (C=O) groups excluding carboxylic acids is 1. The van der Waals surface area contributed by atoms with Crippen molar-refractivity contribution in [1.82, 2.24) is 0 Å². The zero-order valence-electron chi connectivity index (χ0n) is 10.4. The topological polar surface area (TPSA) is 49.8 Å². The second kappa shape index (κ2) is 4.78. The number of carbonyl (C=O) groups is 1. The summed E-state index contributed by atoms with van der Waals surface area (Å²) in [4.78, 5) is 13.9. The van der Waals surface area contributed by atoms with E-state index in [9.17, 15) is 4.79 Å². The summed E-state index contributed by atoms with van der Waals surface area (Å²) in [6.45, 7) is 3.97. The van der Waals surface area contributed by atoms with E-state index < -0.39 is 5.60 Å². The SMILES string of the molecule is CC1(C)Oc2ccc(Cl)cc2N(CCCO)C1=O. The summed E-state index contributed by atoms with van der Waals surface area (Å²) >= 11 is 5.95. The number of hydrogen-bond acceptors (Lipinski definition) is 3. The van der Waals surface area contributed by atoms with Crippen LogP contribution in [-0.4, -0.2) is 29.8 Å². The molecule has 0 saturated heterocycles. The van der Waals surface area contributed by atoms with Crippen LogP contribution in [0, 0.1) is 0 Å². The number of halogens is 1. The van der Waals surface area contributed by atoms with Gasteiger partial charge in [0.1, 0.15) is 5.75 Å². The minimum atomic E-state index is -0.893. The standard InChI is InChI=1S/C13H16ClNO3/c1-13(2)12(17)15(6-3-7-16)10-8-9(14)4-5-11(10)18-13/h4-5,8,16H,3,6-7H2,1-2H3. The average Bonchev–Trinajstić information content (AvgIpc) is 2.31. The maximum Gasteiger partial charge on any atom is 0.270 e. The van der Waals surface area contributed by atoms with E-state index in [2.05, 4.69) is 0 Å². The predicted molar refractivity (Wildman–Crippen MR) is 70.2 cm³/mol. The summed E-state index contributed by atoms with van der Waals surface area (Å²) in [5, 5.41) is 9.48. The van der Waals surface area contributed by atoms with Crippen LogP contribution >= 0.6 is 11.6 Å². The van der Waals surface area contributed by atoms with E-state index in [1.54, 1.807) is 36.9 Å². The Hall–Kier alpha value is -1.26. The summed E-state index contributed by atoms with van der Waals surface area (Å²) < 4.78 is 5.68. The van der Waals surface area contributed by atoms with Crippen LogP contribution in [0.2, 0.25) is 5.02 Å². The third kappa shape index (κ3) is 2.31. The van der Waals surface area contributed by atoms with Gasteiger partial charge in [-0.25, -0.2) is 0 Å². The molecule has 0 fully saturated rings. The Morgan fingerprint density at radius 2 is 2.17 bits per heavy atom. The number of fused-ring (bicyclic) bond motifs is 1. The van der Waals surface area contributed by atoms with E-state index in [1.165, 1.54) is 0 Å². The Morgan fingerprint density at radius 1 is 1.44 bits per heavy atom. The number of aliphatic hydroxyl groups is 1. The summed E-state index contributed by atoms with van der Waals surface area (Å²) in [5.74, 6) is 0.521. The number of aliphatic hydroxyl groups excluding tert-OH is 1. The lowest BCUT2D eigenvalue weighted by molar-refractivity contribution is -0.132. The van der Waals surface area contributed by atoms with Gasteiger partial charge in [0.2, 0.25) is 0 Å². The van der Waals surface area contributed by atoms with Crippen molar-refractivity contribution in [3.05, 3.63) is 23.2 Å². The van der Waals surface area contributed by atoms with E-state index >= 15 is 0 Å². The van der Waals surface area contributed by atoms with Crippen LogP contribution in [0.4, 0.5) is 5.69 Å². The third-order valence-corrected chi connectivity index (χ3v) is 3.11. The highest BCUT2D eigenvalue weighted by molar-refractivity contribution is 6.31. The molecule has 0 radical (unpaired) electrons. The average molecular weight is 270 g/mol. The Kier molecular flexibility index (Phi) is 3.50. The van der Waals surface area contributed by atoms with Crippen LogP contribution in [0.25, 0.3) is 0 Å². The van der Waals surface area contributed by atoms with Gasteiger partial charge >= 0.3 is 0 Å². The van der Waals surface area contributed by atoms with Crippen LogP contribution in [0.15, 0.2) is 18.2 Å². The molecule has 1 aliphatic heterocycles. The molecule has 18 heavy (non-hydrogen) atoms. The Labute approximate surface area is 111 Å². The number of nitrogens with zero attached hydrogens (tertiary/aromatic N) is 1. The van der Waals surface area contributed by atoms with E-state index in [-0.39, 0.29) is 12.5 Å². The molecule has 1 aliphatic rings. The summed E-state index contributed by atoms with van der Waals surface area (Å²) in [6.07, 6.45) is 0.522. The minimum Gasteiger partial charge on any atom is -0.476 e. The molecule has 0 bridgehead atoms. The third-order valence-electron chi connectivity index (χ3n) is 2.88. The first kappa shape index (κ1) is 13.2. The molecule has 5 heteroatoms. The first-order chi connectivity index (χ1) is 8.45. The van der Waals surface area contributed by atoms with Crippen molar-refractivity contribution in [2.75, 3.05) is 18.1 Å². The fourth-order valence-corrected chi connectivity index (χ4v) is 2.16. The maximum atomic E-state index is 12.3. The summed E-state index contributed by atoms with van der Waals surface area (Å²) in [6, 6.07) is 5.20. The molecule has 1 heterocycles. The zero-order valence-corrected chi connectivity index (χ0v) is 11.2. The number of anilines is 1. The van der Waals surface area contributed by atoms with Gasteiger partial charge in [0.15, 0.2) is 5.60 Å².